The highest BCUT2D eigenvalue weighted by Gasteiger charge is 2.23. The summed E-state index contributed by atoms with van der Waals surface area (Å²) in [5, 5.41) is 16.0. The van der Waals surface area contributed by atoms with Crippen molar-refractivity contribution in [3.8, 4) is 0 Å². The standard InChI is InChI=1S/C18H25N3O3/c1-2-3-15-4-5-16(24-15)12-21-8-6-13(7-9-21)17-10-14(19-20-17)11-18(22)23/h4-5,10,13H,2-3,6-9,11-12H2,1H3,(H,19,20)(H,22,23). The number of hydrogen-bond acceptors (Lipinski definition) is 4. The molecule has 0 unspecified atom stereocenters. The van der Waals surface area contributed by atoms with E-state index < -0.39 is 5.97 Å². The number of aliphatic carboxylic acids is 1. The normalized spacial score (nSPS) is 16.5. The van der Waals surface area contributed by atoms with Gasteiger partial charge < -0.3 is 9.52 Å². The van der Waals surface area contributed by atoms with E-state index in [0.717, 1.165) is 62.5 Å². The van der Waals surface area contributed by atoms with E-state index >= 15 is 0 Å². The molecule has 0 atom stereocenters. The van der Waals surface area contributed by atoms with Crippen molar-refractivity contribution in [1.29, 1.82) is 0 Å². The average Bonchev–Trinajstić information content (AvgIpc) is 3.18. The number of hydrogen-bond donors (Lipinski definition) is 2. The smallest absolute Gasteiger partial charge is 0.309 e. The number of piperidine rings is 1. The first kappa shape index (κ1) is 16.8. The van der Waals surface area contributed by atoms with Gasteiger partial charge in [-0.3, -0.25) is 14.8 Å². The van der Waals surface area contributed by atoms with Gasteiger partial charge in [-0.2, -0.15) is 5.10 Å². The summed E-state index contributed by atoms with van der Waals surface area (Å²) in [7, 11) is 0. The minimum atomic E-state index is -0.832. The number of furan rings is 1. The Balaban J connectivity index is 1.49. The quantitative estimate of drug-likeness (QED) is 0.815. The number of aromatic amines is 1. The van der Waals surface area contributed by atoms with Gasteiger partial charge in [0.05, 0.1) is 18.7 Å². The number of carbonyl (C=O) groups is 1. The molecule has 0 radical (unpaired) electrons. The lowest BCUT2D eigenvalue weighted by Gasteiger charge is -2.30. The lowest BCUT2D eigenvalue weighted by molar-refractivity contribution is -0.136. The molecule has 2 aromatic rings. The second-order valence-electron chi connectivity index (χ2n) is 6.56. The van der Waals surface area contributed by atoms with Gasteiger partial charge in [0.15, 0.2) is 0 Å². The Morgan fingerprint density at radius 3 is 2.83 bits per heavy atom. The topological polar surface area (TPSA) is 82.4 Å². The van der Waals surface area contributed by atoms with Crippen molar-refractivity contribution in [2.75, 3.05) is 13.1 Å². The Morgan fingerprint density at radius 1 is 1.38 bits per heavy atom. The minimum absolute atomic E-state index is 0.00440. The van der Waals surface area contributed by atoms with Crippen LogP contribution in [0, 0.1) is 0 Å². The van der Waals surface area contributed by atoms with E-state index in [4.69, 9.17) is 9.52 Å². The van der Waals surface area contributed by atoms with E-state index in [-0.39, 0.29) is 6.42 Å². The highest BCUT2D eigenvalue weighted by atomic mass is 16.4. The van der Waals surface area contributed by atoms with Gasteiger partial charge in [-0.05, 0) is 50.6 Å². The molecule has 6 nitrogen and oxygen atoms in total. The van der Waals surface area contributed by atoms with Crippen molar-refractivity contribution in [2.45, 2.75) is 51.5 Å². The van der Waals surface area contributed by atoms with Crippen molar-refractivity contribution >= 4 is 5.97 Å². The second-order valence-corrected chi connectivity index (χ2v) is 6.56. The molecule has 2 aromatic heterocycles. The largest absolute Gasteiger partial charge is 0.481 e. The molecule has 3 heterocycles. The zero-order chi connectivity index (χ0) is 16.9. The molecule has 1 aliphatic heterocycles. The van der Waals surface area contributed by atoms with Crippen LogP contribution >= 0.6 is 0 Å². The molecule has 6 heteroatoms. The highest BCUT2D eigenvalue weighted by Crippen LogP contribution is 2.28. The van der Waals surface area contributed by atoms with Crippen LogP contribution in [-0.4, -0.2) is 39.3 Å². The number of nitrogens with zero attached hydrogens (tertiary/aromatic N) is 2. The first-order chi connectivity index (χ1) is 11.6. The van der Waals surface area contributed by atoms with Crippen molar-refractivity contribution in [3.05, 3.63) is 41.1 Å². The summed E-state index contributed by atoms with van der Waals surface area (Å²) in [5.74, 6) is 1.69. The van der Waals surface area contributed by atoms with Gasteiger partial charge in [-0.25, -0.2) is 0 Å². The Bertz CT molecular complexity index is 669. The molecule has 2 N–H and O–H groups in total. The van der Waals surface area contributed by atoms with Gasteiger partial charge in [0.2, 0.25) is 0 Å². The molecule has 0 bridgehead atoms. The molecule has 24 heavy (non-hydrogen) atoms. The molecule has 0 saturated carbocycles. The predicted octanol–water partition coefficient (Wildman–Crippen LogP) is 2.96. The molecule has 0 aliphatic carbocycles. The number of aromatic nitrogens is 2. The third kappa shape index (κ3) is 4.26. The lowest BCUT2D eigenvalue weighted by Crippen LogP contribution is -2.32. The van der Waals surface area contributed by atoms with E-state index in [0.29, 0.717) is 11.6 Å². The van der Waals surface area contributed by atoms with E-state index in [1.807, 2.05) is 6.07 Å². The predicted molar refractivity (Wildman–Crippen MR) is 89.9 cm³/mol. The number of carboxylic acids is 1. The number of aryl methyl sites for hydroxylation is 1. The third-order valence-corrected chi connectivity index (χ3v) is 4.59. The Morgan fingerprint density at radius 2 is 2.12 bits per heavy atom. The van der Waals surface area contributed by atoms with Crippen molar-refractivity contribution in [3.63, 3.8) is 0 Å². The van der Waals surface area contributed by atoms with E-state index in [2.05, 4.69) is 34.2 Å². The van der Waals surface area contributed by atoms with Crippen LogP contribution in [0.15, 0.2) is 22.6 Å². The summed E-state index contributed by atoms with van der Waals surface area (Å²) in [6.45, 7) is 5.04. The number of rotatable bonds is 7. The van der Waals surface area contributed by atoms with Crippen molar-refractivity contribution < 1.29 is 14.3 Å². The van der Waals surface area contributed by atoms with Gasteiger partial charge in [-0.15, -0.1) is 0 Å². The van der Waals surface area contributed by atoms with Crippen LogP contribution in [0.3, 0.4) is 0 Å². The Labute approximate surface area is 141 Å². The molecule has 130 valence electrons. The van der Waals surface area contributed by atoms with Crippen molar-refractivity contribution in [2.24, 2.45) is 0 Å². The van der Waals surface area contributed by atoms with E-state index in [1.54, 1.807) is 0 Å². The monoisotopic (exact) mass is 331 g/mol. The Kier molecular flexibility index (Phi) is 5.35. The summed E-state index contributed by atoms with van der Waals surface area (Å²) >= 11 is 0. The van der Waals surface area contributed by atoms with E-state index in [9.17, 15) is 4.79 Å². The number of nitrogens with one attached hydrogen (secondary N) is 1. The van der Waals surface area contributed by atoms with Crippen LogP contribution < -0.4 is 0 Å². The fraction of sp³-hybridized carbons (Fsp3) is 0.556. The third-order valence-electron chi connectivity index (χ3n) is 4.59. The molecule has 0 aromatic carbocycles. The Hall–Kier alpha value is -2.08. The summed E-state index contributed by atoms with van der Waals surface area (Å²) in [6.07, 6.45) is 4.19. The van der Waals surface area contributed by atoms with Crippen molar-refractivity contribution in [1.82, 2.24) is 15.1 Å². The zero-order valence-corrected chi connectivity index (χ0v) is 14.1. The number of carboxylic acid groups (broad SMARTS) is 1. The summed E-state index contributed by atoms with van der Waals surface area (Å²) in [5.41, 5.74) is 1.67. The summed E-state index contributed by atoms with van der Waals surface area (Å²) < 4.78 is 5.86. The first-order valence-corrected chi connectivity index (χ1v) is 8.70. The number of H-pyrrole nitrogens is 1. The molecular weight excluding hydrogens is 306 g/mol. The van der Waals surface area contributed by atoms with Crippen LogP contribution in [0.25, 0.3) is 0 Å². The number of likely N-dealkylation sites (tertiary alicyclic amines) is 1. The van der Waals surface area contributed by atoms with Crippen LogP contribution in [0.5, 0.6) is 0 Å². The van der Waals surface area contributed by atoms with Crippen LogP contribution in [0.1, 0.15) is 55.0 Å². The maximum absolute atomic E-state index is 10.8. The molecule has 1 saturated heterocycles. The van der Waals surface area contributed by atoms with Crippen LogP contribution in [-0.2, 0) is 24.2 Å². The SMILES string of the molecule is CCCc1ccc(CN2CCC(c3cc(CC(=O)O)[nH]n3)CC2)o1. The maximum Gasteiger partial charge on any atom is 0.309 e. The fourth-order valence-corrected chi connectivity index (χ4v) is 3.34. The summed E-state index contributed by atoms with van der Waals surface area (Å²) in [4.78, 5) is 13.2. The van der Waals surface area contributed by atoms with Gasteiger partial charge in [0.1, 0.15) is 11.5 Å². The van der Waals surface area contributed by atoms with Gasteiger partial charge in [0, 0.05) is 18.0 Å². The molecule has 0 spiro atoms. The molecular formula is C18H25N3O3. The molecule has 0 amide bonds. The minimum Gasteiger partial charge on any atom is -0.481 e. The van der Waals surface area contributed by atoms with E-state index in [1.165, 1.54) is 0 Å². The second kappa shape index (κ2) is 7.66. The molecule has 1 fully saturated rings. The van der Waals surface area contributed by atoms with Crippen LogP contribution in [0.4, 0.5) is 0 Å². The molecule has 3 rings (SSSR count). The maximum atomic E-state index is 10.8. The molecule has 1 aliphatic rings. The van der Waals surface area contributed by atoms with Gasteiger partial charge in [0.25, 0.3) is 0 Å². The van der Waals surface area contributed by atoms with Gasteiger partial charge >= 0.3 is 5.97 Å². The van der Waals surface area contributed by atoms with Gasteiger partial charge in [-0.1, -0.05) is 6.92 Å². The highest BCUT2D eigenvalue weighted by molar-refractivity contribution is 5.69. The lowest BCUT2D eigenvalue weighted by atomic mass is 9.93. The summed E-state index contributed by atoms with van der Waals surface area (Å²) in [6, 6.07) is 6.07. The fourth-order valence-electron chi connectivity index (χ4n) is 3.34. The van der Waals surface area contributed by atoms with Crippen LogP contribution in [0.2, 0.25) is 0 Å². The average molecular weight is 331 g/mol. The first-order valence-electron chi connectivity index (χ1n) is 8.70. The zero-order valence-electron chi connectivity index (χ0n) is 14.1.